The zero-order valence-corrected chi connectivity index (χ0v) is 16.2. The van der Waals surface area contributed by atoms with Crippen molar-refractivity contribution in [1.82, 2.24) is 0 Å². The van der Waals surface area contributed by atoms with Crippen LogP contribution in [-0.4, -0.2) is 62.0 Å². The molecule has 0 amide bonds. The van der Waals surface area contributed by atoms with Gasteiger partial charge in [-0.2, -0.15) is 0 Å². The first-order valence-corrected chi connectivity index (χ1v) is 13.7. The van der Waals surface area contributed by atoms with E-state index in [1.807, 2.05) is 0 Å². The third-order valence-electron chi connectivity index (χ3n) is 3.65. The van der Waals surface area contributed by atoms with Crippen molar-refractivity contribution in [2.75, 3.05) is 0 Å². The molecule has 1 spiro atoms. The first-order chi connectivity index (χ1) is 7.27. The summed E-state index contributed by atoms with van der Waals surface area (Å²) in [5, 5.41) is 1.35. The second-order valence-electron chi connectivity index (χ2n) is 5.20. The Hall–Kier alpha value is 1.34. The van der Waals surface area contributed by atoms with E-state index in [9.17, 15) is 0 Å². The molecule has 12 radical (unpaired) electrons. The standard InChI is InChI=1S/C10H14SeSi5/c1-8-2-5-16(11-6-8)7-9(12,13)3-4-10(16,14)15/h2H,3-7H2,1H3. The average molecular weight is 354 g/mol. The summed E-state index contributed by atoms with van der Waals surface area (Å²) in [6, 6.07) is 2.66. The fourth-order valence-electron chi connectivity index (χ4n) is 2.49. The Morgan fingerprint density at radius 3 is 2.50 bits per heavy atom. The van der Waals surface area contributed by atoms with Crippen LogP contribution in [-0.2, 0) is 0 Å². The predicted octanol–water partition coefficient (Wildman–Crippen LogP) is 1.25. The molecule has 1 fully saturated rings. The third-order valence-corrected chi connectivity index (χ3v) is 25.0. The number of allylic oxidation sites excluding steroid dienone is 2. The van der Waals surface area contributed by atoms with Crippen LogP contribution < -0.4 is 0 Å². The molecule has 0 aromatic heterocycles. The van der Waals surface area contributed by atoms with Gasteiger partial charge in [0.2, 0.25) is 0 Å². The van der Waals surface area contributed by atoms with Crippen LogP contribution in [0.5, 0.6) is 0 Å². The number of rotatable bonds is 0. The van der Waals surface area contributed by atoms with E-state index in [1.54, 1.807) is 5.57 Å². The molecule has 0 aromatic rings. The fourth-order valence-corrected chi connectivity index (χ4v) is 23.2. The van der Waals surface area contributed by atoms with Crippen LogP contribution in [0.2, 0.25) is 26.4 Å². The Kier molecular flexibility index (Phi) is 3.85. The van der Waals surface area contributed by atoms with Gasteiger partial charge in [0, 0.05) is 0 Å². The maximum absolute atomic E-state index is 4.06. The maximum atomic E-state index is 4.06. The molecule has 80 valence electrons. The first-order valence-electron chi connectivity index (χ1n) is 5.56. The van der Waals surface area contributed by atoms with Gasteiger partial charge in [-0.05, 0) is 0 Å². The topological polar surface area (TPSA) is 0 Å². The minimum atomic E-state index is -1.26. The Balaban J connectivity index is 2.28. The van der Waals surface area contributed by atoms with Crippen molar-refractivity contribution in [3.05, 3.63) is 11.6 Å². The summed E-state index contributed by atoms with van der Waals surface area (Å²) in [5.74, 6) is 0. The molecule has 2 rings (SSSR count). The normalized spacial score (nSPS) is 37.2. The quantitative estimate of drug-likeness (QED) is 0.454. The molecule has 1 saturated heterocycles. The minimum absolute atomic E-state index is 0.190. The molecule has 1 atom stereocenters. The Morgan fingerprint density at radius 1 is 1.25 bits per heavy atom. The van der Waals surface area contributed by atoms with E-state index in [4.69, 9.17) is 0 Å². The SMILES string of the molecule is CC1=CC[Si]2(CC([Si])([Si])CCC2([Si])[Si])[Se]C1. The molecular weight excluding hydrogens is 340 g/mol. The van der Waals surface area contributed by atoms with Crippen LogP contribution in [0.25, 0.3) is 0 Å². The van der Waals surface area contributed by atoms with Crippen LogP contribution in [0.1, 0.15) is 19.8 Å². The second-order valence-corrected chi connectivity index (χ2v) is 22.1. The summed E-state index contributed by atoms with van der Waals surface area (Å²) < 4.78 is 0.447. The van der Waals surface area contributed by atoms with Crippen molar-refractivity contribution in [2.45, 2.75) is 46.1 Å². The van der Waals surface area contributed by atoms with Crippen LogP contribution in [0.4, 0.5) is 0 Å². The molecular formula is C10H14SeSi5. The average Bonchev–Trinajstić information content (AvgIpc) is 2.17. The Bertz CT molecular complexity index is 325. The van der Waals surface area contributed by atoms with Gasteiger partial charge < -0.3 is 0 Å². The molecule has 0 N–H and O–H groups in total. The van der Waals surface area contributed by atoms with E-state index in [0.29, 0.717) is 0 Å². The summed E-state index contributed by atoms with van der Waals surface area (Å²) in [4.78, 5) is 0. The van der Waals surface area contributed by atoms with Gasteiger partial charge >= 0.3 is 120 Å². The monoisotopic (exact) mass is 354 g/mol. The van der Waals surface area contributed by atoms with E-state index in [-0.39, 0.29) is 8.95 Å². The van der Waals surface area contributed by atoms with Gasteiger partial charge in [0.25, 0.3) is 0 Å². The number of hydrogen-bond donors (Lipinski definition) is 0. The van der Waals surface area contributed by atoms with Gasteiger partial charge in [-0.15, -0.1) is 0 Å². The molecule has 0 aromatic carbocycles. The summed E-state index contributed by atoms with van der Waals surface area (Å²) in [7, 11) is 16.0. The molecule has 1 unspecified atom stereocenters. The van der Waals surface area contributed by atoms with Crippen LogP contribution >= 0.6 is 0 Å². The Morgan fingerprint density at radius 2 is 1.94 bits per heavy atom. The molecule has 0 aliphatic carbocycles. The van der Waals surface area contributed by atoms with E-state index < -0.39 is 6.68 Å². The Labute approximate surface area is 119 Å². The molecule has 16 heavy (non-hydrogen) atoms. The van der Waals surface area contributed by atoms with Crippen molar-refractivity contribution < 1.29 is 0 Å². The molecule has 0 saturated carbocycles. The van der Waals surface area contributed by atoms with Crippen molar-refractivity contribution in [3.63, 3.8) is 0 Å². The van der Waals surface area contributed by atoms with Gasteiger partial charge in [-0.25, -0.2) is 0 Å². The van der Waals surface area contributed by atoms with Crippen molar-refractivity contribution in [1.29, 1.82) is 0 Å². The molecule has 0 bridgehead atoms. The summed E-state index contributed by atoms with van der Waals surface area (Å²) in [5.41, 5.74) is 1.60. The van der Waals surface area contributed by atoms with Crippen molar-refractivity contribution in [2.24, 2.45) is 0 Å². The molecule has 2 heterocycles. The third kappa shape index (κ3) is 2.53. The summed E-state index contributed by atoms with van der Waals surface area (Å²) >= 11 is 0.792. The first kappa shape index (κ1) is 13.8. The van der Waals surface area contributed by atoms with Crippen LogP contribution in [0.3, 0.4) is 0 Å². The molecule has 2 aliphatic heterocycles. The van der Waals surface area contributed by atoms with Gasteiger partial charge in [0.15, 0.2) is 0 Å². The zero-order valence-electron chi connectivity index (χ0n) is 9.52. The van der Waals surface area contributed by atoms with E-state index in [0.717, 1.165) is 14.3 Å². The fraction of sp³-hybridized carbons (Fsp3) is 0.800. The van der Waals surface area contributed by atoms with Crippen LogP contribution in [0, 0.1) is 0 Å². The van der Waals surface area contributed by atoms with Gasteiger partial charge in [-0.1, -0.05) is 0 Å². The van der Waals surface area contributed by atoms with Crippen molar-refractivity contribution in [3.8, 4) is 0 Å². The molecule has 0 nitrogen and oxygen atoms in total. The zero-order chi connectivity index (χ0) is 12.0. The van der Waals surface area contributed by atoms with Gasteiger partial charge in [0.05, 0.1) is 0 Å². The molecule has 2 aliphatic rings. The van der Waals surface area contributed by atoms with Gasteiger partial charge in [0.1, 0.15) is 0 Å². The van der Waals surface area contributed by atoms with Gasteiger partial charge in [-0.3, -0.25) is 0 Å². The molecule has 6 heteroatoms. The van der Waals surface area contributed by atoms with E-state index >= 15 is 0 Å². The van der Waals surface area contributed by atoms with Crippen molar-refractivity contribution >= 4 is 62.0 Å². The van der Waals surface area contributed by atoms with E-state index in [1.165, 1.54) is 30.2 Å². The predicted molar refractivity (Wildman–Crippen MR) is 77.3 cm³/mol. The summed E-state index contributed by atoms with van der Waals surface area (Å²) in [6.45, 7) is 1.02. The number of hydrogen-bond acceptors (Lipinski definition) is 0. The van der Waals surface area contributed by atoms with Crippen LogP contribution in [0.15, 0.2) is 11.6 Å². The summed E-state index contributed by atoms with van der Waals surface area (Å²) in [6.07, 6.45) is 4.89. The van der Waals surface area contributed by atoms with E-state index in [2.05, 4.69) is 54.0 Å². The second kappa shape index (κ2) is 4.47.